The van der Waals surface area contributed by atoms with Crippen LogP contribution in [0.2, 0.25) is 0 Å². The Morgan fingerprint density at radius 2 is 1.82 bits per heavy atom. The van der Waals surface area contributed by atoms with E-state index in [1.165, 1.54) is 37.9 Å². The van der Waals surface area contributed by atoms with Gasteiger partial charge in [0.2, 0.25) is 0 Å². The summed E-state index contributed by atoms with van der Waals surface area (Å²) in [7, 11) is 4.12. The standard InChI is InChI=1S/C19H29N2O/c1-15(20(2)3)18-9-4-5-10-19(18)22-17-11-13-21(14-12-17)16-7-6-8-16/h4-5,9-10,15-17H,1,6-8,11-14H2,2-3H3. The van der Waals surface area contributed by atoms with Gasteiger partial charge >= 0.3 is 0 Å². The van der Waals surface area contributed by atoms with E-state index < -0.39 is 0 Å². The highest BCUT2D eigenvalue weighted by Crippen LogP contribution is 2.31. The van der Waals surface area contributed by atoms with Crippen molar-refractivity contribution in [3.05, 3.63) is 36.8 Å². The molecule has 1 aromatic rings. The maximum atomic E-state index is 6.34. The smallest absolute Gasteiger partial charge is 0.124 e. The lowest BCUT2D eigenvalue weighted by Crippen LogP contribution is -2.46. The molecule has 22 heavy (non-hydrogen) atoms. The third-order valence-electron chi connectivity index (χ3n) is 5.26. The van der Waals surface area contributed by atoms with E-state index >= 15 is 0 Å². The first-order chi connectivity index (χ1) is 10.6. The van der Waals surface area contributed by atoms with Crippen molar-refractivity contribution >= 4 is 0 Å². The molecule has 1 aromatic carbocycles. The summed E-state index contributed by atoms with van der Waals surface area (Å²) in [6.45, 7) is 6.64. The molecule has 1 atom stereocenters. The van der Waals surface area contributed by atoms with Crippen molar-refractivity contribution < 1.29 is 4.74 Å². The van der Waals surface area contributed by atoms with Gasteiger partial charge in [0.1, 0.15) is 11.9 Å². The van der Waals surface area contributed by atoms with Gasteiger partial charge in [-0.3, -0.25) is 0 Å². The molecule has 2 fully saturated rings. The van der Waals surface area contributed by atoms with Crippen molar-refractivity contribution in [2.24, 2.45) is 0 Å². The Labute approximate surface area is 135 Å². The quantitative estimate of drug-likeness (QED) is 0.827. The molecule has 1 heterocycles. The number of benzene rings is 1. The number of para-hydroxylation sites is 1. The van der Waals surface area contributed by atoms with Gasteiger partial charge in [-0.05, 0) is 52.8 Å². The summed E-state index contributed by atoms with van der Waals surface area (Å²) in [5, 5.41) is 0. The molecule has 3 heteroatoms. The highest BCUT2D eigenvalue weighted by atomic mass is 16.5. The predicted octanol–water partition coefficient (Wildman–Crippen LogP) is 3.52. The molecule has 1 saturated heterocycles. The lowest BCUT2D eigenvalue weighted by atomic mass is 9.90. The van der Waals surface area contributed by atoms with E-state index in [-0.39, 0.29) is 6.04 Å². The lowest BCUT2D eigenvalue weighted by Gasteiger charge is -2.41. The third-order valence-corrected chi connectivity index (χ3v) is 5.26. The fourth-order valence-electron chi connectivity index (χ4n) is 3.43. The third kappa shape index (κ3) is 3.47. The molecule has 3 rings (SSSR count). The fourth-order valence-corrected chi connectivity index (χ4v) is 3.43. The topological polar surface area (TPSA) is 15.7 Å². The van der Waals surface area contributed by atoms with Gasteiger partial charge in [0, 0.05) is 30.7 Å². The van der Waals surface area contributed by atoms with Gasteiger partial charge in [0.15, 0.2) is 0 Å². The predicted molar refractivity (Wildman–Crippen MR) is 91.1 cm³/mol. The van der Waals surface area contributed by atoms with Crippen LogP contribution in [0.1, 0.15) is 43.7 Å². The van der Waals surface area contributed by atoms with Gasteiger partial charge in [-0.25, -0.2) is 0 Å². The zero-order valence-corrected chi connectivity index (χ0v) is 14.0. The minimum absolute atomic E-state index is 0.131. The number of likely N-dealkylation sites (tertiary alicyclic amines) is 1. The van der Waals surface area contributed by atoms with Crippen LogP contribution in [0.15, 0.2) is 24.3 Å². The van der Waals surface area contributed by atoms with Gasteiger partial charge in [-0.2, -0.15) is 0 Å². The molecule has 1 radical (unpaired) electrons. The van der Waals surface area contributed by atoms with Crippen LogP contribution in [0.5, 0.6) is 5.75 Å². The van der Waals surface area contributed by atoms with E-state index in [0.717, 1.165) is 24.6 Å². The molecule has 0 N–H and O–H groups in total. The Hall–Kier alpha value is -1.06. The Morgan fingerprint density at radius 3 is 2.41 bits per heavy atom. The zero-order valence-electron chi connectivity index (χ0n) is 14.0. The van der Waals surface area contributed by atoms with Gasteiger partial charge in [0.05, 0.1) is 0 Å². The van der Waals surface area contributed by atoms with Gasteiger partial charge in [-0.15, -0.1) is 0 Å². The molecule has 1 unspecified atom stereocenters. The largest absolute Gasteiger partial charge is 0.490 e. The minimum atomic E-state index is 0.131. The molecule has 1 aliphatic carbocycles. The first kappa shape index (κ1) is 15.8. The van der Waals surface area contributed by atoms with Crippen LogP contribution < -0.4 is 4.74 Å². The van der Waals surface area contributed by atoms with Crippen LogP contribution in [-0.4, -0.2) is 49.1 Å². The Bertz CT molecular complexity index is 476. The van der Waals surface area contributed by atoms with Gasteiger partial charge < -0.3 is 14.5 Å². The molecule has 0 spiro atoms. The van der Waals surface area contributed by atoms with E-state index in [4.69, 9.17) is 4.74 Å². The first-order valence-corrected chi connectivity index (χ1v) is 8.64. The normalized spacial score (nSPS) is 22.5. The number of piperidine rings is 1. The number of ether oxygens (including phenoxy) is 1. The van der Waals surface area contributed by atoms with Crippen LogP contribution >= 0.6 is 0 Å². The summed E-state index contributed by atoms with van der Waals surface area (Å²) in [6, 6.07) is 9.36. The number of hydrogen-bond acceptors (Lipinski definition) is 3. The molecule has 1 saturated carbocycles. The molecular weight excluding hydrogens is 272 g/mol. The maximum absolute atomic E-state index is 6.34. The molecule has 0 bridgehead atoms. The first-order valence-electron chi connectivity index (χ1n) is 8.64. The van der Waals surface area contributed by atoms with Crippen molar-refractivity contribution in [3.8, 4) is 5.75 Å². The summed E-state index contributed by atoms with van der Waals surface area (Å²) in [5.41, 5.74) is 1.19. The summed E-state index contributed by atoms with van der Waals surface area (Å²) in [4.78, 5) is 4.79. The summed E-state index contributed by atoms with van der Waals surface area (Å²) < 4.78 is 6.34. The lowest BCUT2D eigenvalue weighted by molar-refractivity contribution is 0.0486. The van der Waals surface area contributed by atoms with Crippen LogP contribution in [0, 0.1) is 6.92 Å². The molecule has 0 aromatic heterocycles. The summed E-state index contributed by atoms with van der Waals surface area (Å²) >= 11 is 0. The molecule has 2 aliphatic rings. The van der Waals surface area contributed by atoms with E-state index in [1.807, 2.05) is 0 Å². The molecule has 121 valence electrons. The highest BCUT2D eigenvalue weighted by Gasteiger charge is 2.29. The average molecular weight is 301 g/mol. The molecular formula is C19H29N2O. The second-order valence-corrected chi connectivity index (χ2v) is 6.96. The van der Waals surface area contributed by atoms with Crippen molar-refractivity contribution in [1.82, 2.24) is 9.80 Å². The van der Waals surface area contributed by atoms with Gasteiger partial charge in [-0.1, -0.05) is 24.6 Å². The molecule has 3 nitrogen and oxygen atoms in total. The Morgan fingerprint density at radius 1 is 1.14 bits per heavy atom. The van der Waals surface area contributed by atoms with Crippen molar-refractivity contribution in [3.63, 3.8) is 0 Å². The van der Waals surface area contributed by atoms with Crippen molar-refractivity contribution in [2.75, 3.05) is 27.2 Å². The second-order valence-electron chi connectivity index (χ2n) is 6.96. The maximum Gasteiger partial charge on any atom is 0.124 e. The van der Waals surface area contributed by atoms with Crippen molar-refractivity contribution in [2.45, 2.75) is 50.3 Å². The SMILES string of the molecule is [CH2]C(c1ccccc1OC1CCN(C2CCC2)CC1)N(C)C. The number of rotatable bonds is 5. The molecule has 1 aliphatic heterocycles. The van der Waals surface area contributed by atoms with Gasteiger partial charge in [0.25, 0.3) is 0 Å². The fraction of sp³-hybridized carbons (Fsp3) is 0.632. The average Bonchev–Trinajstić information content (AvgIpc) is 2.47. The van der Waals surface area contributed by atoms with E-state index in [2.05, 4.69) is 55.1 Å². The van der Waals surface area contributed by atoms with Crippen LogP contribution in [0.25, 0.3) is 0 Å². The summed E-state index contributed by atoms with van der Waals surface area (Å²) in [6.07, 6.45) is 6.88. The zero-order chi connectivity index (χ0) is 15.5. The van der Waals surface area contributed by atoms with E-state index in [0.29, 0.717) is 6.10 Å². The van der Waals surface area contributed by atoms with Crippen LogP contribution in [0.4, 0.5) is 0 Å². The van der Waals surface area contributed by atoms with Crippen LogP contribution in [-0.2, 0) is 0 Å². The van der Waals surface area contributed by atoms with Crippen LogP contribution in [0.3, 0.4) is 0 Å². The van der Waals surface area contributed by atoms with E-state index in [1.54, 1.807) is 0 Å². The van der Waals surface area contributed by atoms with Crippen molar-refractivity contribution in [1.29, 1.82) is 0 Å². The Kier molecular flexibility index (Phi) is 5.04. The second kappa shape index (κ2) is 7.01. The van der Waals surface area contributed by atoms with E-state index in [9.17, 15) is 0 Å². The Balaban J connectivity index is 1.59. The monoisotopic (exact) mass is 301 g/mol. The highest BCUT2D eigenvalue weighted by molar-refractivity contribution is 5.36. The number of nitrogens with zero attached hydrogens (tertiary/aromatic N) is 2. The number of hydrogen-bond donors (Lipinski definition) is 0. The molecule has 0 amide bonds. The summed E-state index contributed by atoms with van der Waals surface area (Å²) in [5.74, 6) is 1.01. The minimum Gasteiger partial charge on any atom is -0.490 e.